The molecule has 3 N–H and O–H groups in total. The van der Waals surface area contributed by atoms with Crippen LogP contribution in [0.4, 0.5) is 0 Å². The van der Waals surface area contributed by atoms with Crippen molar-refractivity contribution in [3.8, 4) is 0 Å². The van der Waals surface area contributed by atoms with Crippen LogP contribution in [0.5, 0.6) is 0 Å². The number of aromatic nitrogens is 1. The normalized spacial score (nSPS) is 12.9. The Kier molecular flexibility index (Phi) is 2.72. The van der Waals surface area contributed by atoms with Gasteiger partial charge in [-0.15, -0.1) is 0 Å². The second-order valence-electron chi connectivity index (χ2n) is 4.59. The van der Waals surface area contributed by atoms with E-state index in [0.29, 0.717) is 0 Å². The van der Waals surface area contributed by atoms with Gasteiger partial charge in [-0.2, -0.15) is 0 Å². The summed E-state index contributed by atoms with van der Waals surface area (Å²) in [7, 11) is 0. The van der Waals surface area contributed by atoms with Crippen molar-refractivity contribution in [2.24, 2.45) is 5.73 Å². The van der Waals surface area contributed by atoms with E-state index < -0.39 is 12.0 Å². The molecule has 4 nitrogen and oxygen atoms in total. The number of para-hydroxylation sites is 2. The van der Waals surface area contributed by atoms with Gasteiger partial charge in [0.2, 0.25) is 0 Å². The molecule has 1 heterocycles. The lowest BCUT2D eigenvalue weighted by molar-refractivity contribution is -0.138. The number of nitrogens with two attached hydrogens (primary N) is 1. The first kappa shape index (κ1) is 11.7. The number of carbonyl (C=O) groups is 1. The Hall–Kier alpha value is -2.33. The van der Waals surface area contributed by atoms with E-state index in [9.17, 15) is 4.79 Å². The summed E-state index contributed by atoms with van der Waals surface area (Å²) >= 11 is 0. The highest BCUT2D eigenvalue weighted by atomic mass is 16.4. The zero-order chi connectivity index (χ0) is 13.4. The van der Waals surface area contributed by atoms with Crippen LogP contribution < -0.4 is 5.73 Å². The molecule has 3 rings (SSSR count). The lowest BCUT2D eigenvalue weighted by atomic mass is 10.2. The molecule has 0 saturated carbocycles. The monoisotopic (exact) mass is 254 g/mol. The number of carboxylic acid groups (broad SMARTS) is 1. The standard InChI is InChI=1S/C15H14N2O2/c16-12(15(18)19)9-17-13-7-3-1-5-10(13)11-6-2-4-8-14(11)17/h1-8,12H,9,16H2,(H,18,19). The molecule has 1 aromatic heterocycles. The van der Waals surface area contributed by atoms with Gasteiger partial charge in [-0.1, -0.05) is 36.4 Å². The van der Waals surface area contributed by atoms with Crippen LogP contribution in [0, 0.1) is 0 Å². The average Bonchev–Trinajstić information content (AvgIpc) is 2.74. The number of benzene rings is 2. The molecule has 1 atom stereocenters. The third-order valence-corrected chi connectivity index (χ3v) is 3.38. The lowest BCUT2D eigenvalue weighted by Gasteiger charge is -2.10. The lowest BCUT2D eigenvalue weighted by Crippen LogP contribution is -2.34. The third kappa shape index (κ3) is 1.86. The van der Waals surface area contributed by atoms with Crippen LogP contribution in [0.15, 0.2) is 48.5 Å². The van der Waals surface area contributed by atoms with Crippen LogP contribution in [-0.2, 0) is 11.3 Å². The maximum Gasteiger partial charge on any atom is 0.322 e. The molecule has 2 aromatic carbocycles. The molecule has 0 bridgehead atoms. The van der Waals surface area contributed by atoms with Crippen molar-refractivity contribution >= 4 is 27.8 Å². The van der Waals surface area contributed by atoms with Gasteiger partial charge >= 0.3 is 5.97 Å². The van der Waals surface area contributed by atoms with Crippen LogP contribution >= 0.6 is 0 Å². The number of rotatable bonds is 3. The van der Waals surface area contributed by atoms with E-state index >= 15 is 0 Å². The highest BCUT2D eigenvalue weighted by molar-refractivity contribution is 6.08. The minimum Gasteiger partial charge on any atom is -0.480 e. The number of hydrogen-bond acceptors (Lipinski definition) is 2. The molecule has 4 heteroatoms. The van der Waals surface area contributed by atoms with Gasteiger partial charge in [0.05, 0.1) is 0 Å². The molecule has 96 valence electrons. The molecule has 0 fully saturated rings. The highest BCUT2D eigenvalue weighted by Gasteiger charge is 2.16. The molecule has 0 amide bonds. The van der Waals surface area contributed by atoms with Gasteiger partial charge in [-0.25, -0.2) is 0 Å². The van der Waals surface area contributed by atoms with Crippen LogP contribution in [0.3, 0.4) is 0 Å². The molecule has 0 aliphatic heterocycles. The first-order valence-corrected chi connectivity index (χ1v) is 6.13. The van der Waals surface area contributed by atoms with E-state index in [0.717, 1.165) is 21.8 Å². The van der Waals surface area contributed by atoms with Crippen molar-refractivity contribution < 1.29 is 9.90 Å². The predicted molar refractivity (Wildman–Crippen MR) is 75.1 cm³/mol. The summed E-state index contributed by atoms with van der Waals surface area (Å²) in [6.07, 6.45) is 0. The summed E-state index contributed by atoms with van der Waals surface area (Å²) in [4.78, 5) is 11.0. The smallest absolute Gasteiger partial charge is 0.322 e. The van der Waals surface area contributed by atoms with Gasteiger partial charge in [0.15, 0.2) is 0 Å². The Morgan fingerprint density at radius 3 is 2.00 bits per heavy atom. The fourth-order valence-corrected chi connectivity index (χ4v) is 2.47. The van der Waals surface area contributed by atoms with Gasteiger partial charge < -0.3 is 15.4 Å². The Morgan fingerprint density at radius 1 is 1.05 bits per heavy atom. The summed E-state index contributed by atoms with van der Waals surface area (Å²) in [6.45, 7) is 0.267. The maximum atomic E-state index is 11.0. The SMILES string of the molecule is NC(Cn1c2ccccc2c2ccccc21)C(=O)O. The zero-order valence-electron chi connectivity index (χ0n) is 10.3. The summed E-state index contributed by atoms with van der Waals surface area (Å²) in [5, 5.41) is 11.2. The summed E-state index contributed by atoms with van der Waals surface area (Å²) in [5.74, 6) is -0.984. The van der Waals surface area contributed by atoms with Crippen molar-refractivity contribution in [3.63, 3.8) is 0 Å². The first-order valence-electron chi connectivity index (χ1n) is 6.13. The van der Waals surface area contributed by atoms with Gasteiger partial charge in [0, 0.05) is 28.4 Å². The first-order chi connectivity index (χ1) is 9.18. The van der Waals surface area contributed by atoms with Crippen molar-refractivity contribution in [1.29, 1.82) is 0 Å². The molecule has 0 spiro atoms. The van der Waals surface area contributed by atoms with Gasteiger partial charge in [0.25, 0.3) is 0 Å². The molecule has 0 aliphatic rings. The van der Waals surface area contributed by atoms with E-state index in [4.69, 9.17) is 10.8 Å². The second kappa shape index (κ2) is 4.40. The predicted octanol–water partition coefficient (Wildman–Crippen LogP) is 2.21. The van der Waals surface area contributed by atoms with E-state index in [2.05, 4.69) is 0 Å². The molecule has 1 unspecified atom stereocenters. The molecule has 0 aliphatic carbocycles. The fourth-order valence-electron chi connectivity index (χ4n) is 2.47. The molecular weight excluding hydrogens is 240 g/mol. The molecule has 19 heavy (non-hydrogen) atoms. The van der Waals surface area contributed by atoms with Crippen LogP contribution in [-0.4, -0.2) is 21.7 Å². The van der Waals surface area contributed by atoms with E-state index in [1.54, 1.807) is 0 Å². The van der Waals surface area contributed by atoms with Crippen molar-refractivity contribution in [1.82, 2.24) is 4.57 Å². The maximum absolute atomic E-state index is 11.0. The molecule has 0 saturated heterocycles. The Labute approximate surface area is 110 Å². The largest absolute Gasteiger partial charge is 0.480 e. The van der Waals surface area contributed by atoms with Gasteiger partial charge in [-0.05, 0) is 12.1 Å². The molecule has 3 aromatic rings. The van der Waals surface area contributed by atoms with E-state index in [1.165, 1.54) is 0 Å². The molecule has 0 radical (unpaired) electrons. The topological polar surface area (TPSA) is 68.2 Å². The van der Waals surface area contributed by atoms with E-state index in [-0.39, 0.29) is 6.54 Å². The summed E-state index contributed by atoms with van der Waals surface area (Å²) < 4.78 is 1.98. The average molecular weight is 254 g/mol. The van der Waals surface area contributed by atoms with Gasteiger partial charge in [0.1, 0.15) is 6.04 Å². The minimum atomic E-state index is -0.984. The van der Waals surface area contributed by atoms with Crippen LogP contribution in [0.25, 0.3) is 21.8 Å². The summed E-state index contributed by atoms with van der Waals surface area (Å²) in [6, 6.07) is 15.0. The molecular formula is C15H14N2O2. The fraction of sp³-hybridized carbons (Fsp3) is 0.133. The number of carboxylic acids is 1. The Morgan fingerprint density at radius 2 is 1.53 bits per heavy atom. The van der Waals surface area contributed by atoms with Gasteiger partial charge in [-0.3, -0.25) is 4.79 Å². The minimum absolute atomic E-state index is 0.267. The van der Waals surface area contributed by atoms with Crippen molar-refractivity contribution in [3.05, 3.63) is 48.5 Å². The van der Waals surface area contributed by atoms with E-state index in [1.807, 2.05) is 53.1 Å². The van der Waals surface area contributed by atoms with Crippen molar-refractivity contribution in [2.75, 3.05) is 0 Å². The van der Waals surface area contributed by atoms with Crippen LogP contribution in [0.1, 0.15) is 0 Å². The van der Waals surface area contributed by atoms with Crippen LogP contribution in [0.2, 0.25) is 0 Å². The Balaban J connectivity index is 2.27. The number of aliphatic carboxylic acids is 1. The zero-order valence-corrected chi connectivity index (χ0v) is 10.3. The number of hydrogen-bond donors (Lipinski definition) is 2. The summed E-state index contributed by atoms with van der Waals surface area (Å²) in [5.41, 5.74) is 7.70. The Bertz CT molecular complexity index is 708. The number of nitrogens with zero attached hydrogens (tertiary/aromatic N) is 1. The van der Waals surface area contributed by atoms with Crippen molar-refractivity contribution in [2.45, 2.75) is 12.6 Å². The number of fused-ring (bicyclic) bond motifs is 3. The highest BCUT2D eigenvalue weighted by Crippen LogP contribution is 2.28. The quantitative estimate of drug-likeness (QED) is 0.753. The third-order valence-electron chi connectivity index (χ3n) is 3.38. The second-order valence-corrected chi connectivity index (χ2v) is 4.59.